The summed E-state index contributed by atoms with van der Waals surface area (Å²) in [4.78, 5) is 38.7. The molecule has 3 rings (SSSR count). The molecule has 1 aromatic carbocycles. The Morgan fingerprint density at radius 2 is 1.92 bits per heavy atom. The maximum Gasteiger partial charge on any atom is 0.333 e. The molecule has 1 unspecified atom stereocenters. The van der Waals surface area contributed by atoms with Crippen molar-refractivity contribution in [2.45, 2.75) is 12.5 Å². The highest BCUT2D eigenvalue weighted by molar-refractivity contribution is 7.17. The third-order valence-corrected chi connectivity index (χ3v) is 4.77. The van der Waals surface area contributed by atoms with Gasteiger partial charge in [-0.25, -0.2) is 4.79 Å². The largest absolute Gasteiger partial charge is 0.479 e. The number of nitrogens with one attached hydrogen (secondary N) is 2. The van der Waals surface area contributed by atoms with Gasteiger partial charge in [0.25, 0.3) is 11.5 Å². The first-order chi connectivity index (χ1) is 11.4. The molecule has 0 fully saturated rings. The van der Waals surface area contributed by atoms with E-state index in [9.17, 15) is 19.5 Å². The van der Waals surface area contributed by atoms with E-state index in [-0.39, 0.29) is 11.3 Å². The van der Waals surface area contributed by atoms with Crippen LogP contribution in [-0.4, -0.2) is 22.0 Å². The second kappa shape index (κ2) is 5.93. The van der Waals surface area contributed by atoms with Crippen molar-refractivity contribution in [3.63, 3.8) is 0 Å². The summed E-state index contributed by atoms with van der Waals surface area (Å²) in [6.45, 7) is 1.41. The number of amides is 1. The van der Waals surface area contributed by atoms with E-state index < -0.39 is 17.4 Å². The third kappa shape index (κ3) is 2.69. The minimum absolute atomic E-state index is 0.0225. The van der Waals surface area contributed by atoms with Gasteiger partial charge in [0.1, 0.15) is 5.69 Å². The fourth-order valence-electron chi connectivity index (χ4n) is 2.43. The van der Waals surface area contributed by atoms with Gasteiger partial charge in [-0.05, 0) is 30.0 Å². The first kappa shape index (κ1) is 15.9. The Bertz CT molecular complexity index is 977. The molecule has 1 atom stereocenters. The van der Waals surface area contributed by atoms with Crippen molar-refractivity contribution in [2.24, 2.45) is 0 Å². The first-order valence-electron chi connectivity index (χ1n) is 7.14. The van der Waals surface area contributed by atoms with Gasteiger partial charge >= 0.3 is 5.97 Å². The SMILES string of the molecule is CC(NC(=O)c1cc2ccsc2c(=O)[nH]1)(C(=O)O)c1ccccc1. The Morgan fingerprint density at radius 3 is 2.58 bits per heavy atom. The normalized spacial score (nSPS) is 13.4. The van der Waals surface area contributed by atoms with Gasteiger partial charge < -0.3 is 15.4 Å². The Kier molecular flexibility index (Phi) is 3.94. The number of benzene rings is 1. The topological polar surface area (TPSA) is 99.3 Å². The maximum atomic E-state index is 12.5. The Labute approximate surface area is 140 Å². The van der Waals surface area contributed by atoms with Crippen molar-refractivity contribution in [3.05, 3.63) is 69.5 Å². The Morgan fingerprint density at radius 1 is 1.21 bits per heavy atom. The number of thiophene rings is 1. The number of carbonyl (C=O) groups is 2. The van der Waals surface area contributed by atoms with Crippen molar-refractivity contribution in [2.75, 3.05) is 0 Å². The molecule has 0 aliphatic carbocycles. The van der Waals surface area contributed by atoms with Crippen LogP contribution >= 0.6 is 11.3 Å². The van der Waals surface area contributed by atoms with Gasteiger partial charge in [-0.15, -0.1) is 11.3 Å². The van der Waals surface area contributed by atoms with Crippen LogP contribution in [0.3, 0.4) is 0 Å². The van der Waals surface area contributed by atoms with Gasteiger partial charge in [0.05, 0.1) is 4.70 Å². The van der Waals surface area contributed by atoms with E-state index in [1.807, 2.05) is 0 Å². The van der Waals surface area contributed by atoms with Gasteiger partial charge in [-0.3, -0.25) is 9.59 Å². The van der Waals surface area contributed by atoms with Gasteiger partial charge in [-0.1, -0.05) is 30.3 Å². The lowest BCUT2D eigenvalue weighted by atomic mass is 9.92. The van der Waals surface area contributed by atoms with E-state index in [2.05, 4.69) is 10.3 Å². The van der Waals surface area contributed by atoms with Crippen molar-refractivity contribution in [1.82, 2.24) is 10.3 Å². The van der Waals surface area contributed by atoms with Gasteiger partial charge in [0.2, 0.25) is 0 Å². The monoisotopic (exact) mass is 342 g/mol. The Hall–Kier alpha value is -2.93. The zero-order valence-electron chi connectivity index (χ0n) is 12.7. The number of hydrogen-bond acceptors (Lipinski definition) is 4. The summed E-state index contributed by atoms with van der Waals surface area (Å²) in [5.74, 6) is -1.85. The number of H-pyrrole nitrogens is 1. The molecule has 0 saturated carbocycles. The molecule has 7 heteroatoms. The number of hydrogen-bond donors (Lipinski definition) is 3. The molecule has 24 heavy (non-hydrogen) atoms. The number of aliphatic carboxylic acids is 1. The number of aromatic amines is 1. The fourth-order valence-corrected chi connectivity index (χ4v) is 3.20. The van der Waals surface area contributed by atoms with Crippen molar-refractivity contribution < 1.29 is 14.7 Å². The summed E-state index contributed by atoms with van der Waals surface area (Å²) in [6.07, 6.45) is 0. The summed E-state index contributed by atoms with van der Waals surface area (Å²) in [5.41, 5.74) is -1.53. The molecule has 0 saturated heterocycles. The first-order valence-corrected chi connectivity index (χ1v) is 8.02. The van der Waals surface area contributed by atoms with E-state index >= 15 is 0 Å². The molecule has 122 valence electrons. The zero-order chi connectivity index (χ0) is 17.3. The molecule has 0 aliphatic heterocycles. The number of fused-ring (bicyclic) bond motifs is 1. The minimum atomic E-state index is -1.61. The second-order valence-electron chi connectivity index (χ2n) is 5.47. The molecule has 3 aromatic rings. The Balaban J connectivity index is 1.99. The zero-order valence-corrected chi connectivity index (χ0v) is 13.5. The number of aromatic nitrogens is 1. The van der Waals surface area contributed by atoms with Crippen LogP contribution in [0.15, 0.2) is 52.6 Å². The van der Waals surface area contributed by atoms with Crippen LogP contribution in [0.4, 0.5) is 0 Å². The summed E-state index contributed by atoms with van der Waals surface area (Å²) >= 11 is 1.28. The van der Waals surface area contributed by atoms with Crippen molar-refractivity contribution in [1.29, 1.82) is 0 Å². The van der Waals surface area contributed by atoms with E-state index in [1.54, 1.807) is 41.8 Å². The molecule has 0 bridgehead atoms. The lowest BCUT2D eigenvalue weighted by molar-refractivity contribution is -0.144. The molecule has 1 amide bonds. The highest BCUT2D eigenvalue weighted by atomic mass is 32.1. The number of carboxylic acids is 1. The predicted octanol–water partition coefficient (Wildman–Crippen LogP) is 2.32. The summed E-state index contributed by atoms with van der Waals surface area (Å²) in [6, 6.07) is 11.7. The molecular formula is C17H14N2O4S. The van der Waals surface area contributed by atoms with Gasteiger partial charge in [0.15, 0.2) is 5.54 Å². The van der Waals surface area contributed by atoms with E-state index in [0.29, 0.717) is 15.6 Å². The van der Waals surface area contributed by atoms with Crippen molar-refractivity contribution in [3.8, 4) is 0 Å². The lowest BCUT2D eigenvalue weighted by Crippen LogP contribution is -2.49. The highest BCUT2D eigenvalue weighted by Gasteiger charge is 2.37. The molecule has 0 spiro atoms. The molecule has 6 nitrogen and oxygen atoms in total. The summed E-state index contributed by atoms with van der Waals surface area (Å²) in [5, 5.41) is 14.5. The summed E-state index contributed by atoms with van der Waals surface area (Å²) < 4.78 is 0.524. The number of rotatable bonds is 4. The molecule has 0 aliphatic rings. The van der Waals surface area contributed by atoms with E-state index in [4.69, 9.17) is 0 Å². The maximum absolute atomic E-state index is 12.5. The van der Waals surface area contributed by atoms with Crippen LogP contribution in [0, 0.1) is 0 Å². The number of carbonyl (C=O) groups excluding carboxylic acids is 1. The van der Waals surface area contributed by atoms with Crippen molar-refractivity contribution >= 4 is 33.3 Å². The van der Waals surface area contributed by atoms with Crippen LogP contribution in [0.25, 0.3) is 10.1 Å². The molecule has 2 aromatic heterocycles. The average molecular weight is 342 g/mol. The van der Waals surface area contributed by atoms with Crippen LogP contribution in [0.5, 0.6) is 0 Å². The highest BCUT2D eigenvalue weighted by Crippen LogP contribution is 2.22. The fraction of sp³-hybridized carbons (Fsp3) is 0.118. The molecule has 0 radical (unpaired) electrons. The smallest absolute Gasteiger partial charge is 0.333 e. The number of pyridine rings is 1. The van der Waals surface area contributed by atoms with Crippen LogP contribution in [0.1, 0.15) is 23.0 Å². The average Bonchev–Trinajstić information content (AvgIpc) is 3.04. The van der Waals surface area contributed by atoms with Crippen LogP contribution in [-0.2, 0) is 10.3 Å². The van der Waals surface area contributed by atoms with Crippen LogP contribution < -0.4 is 10.9 Å². The minimum Gasteiger partial charge on any atom is -0.479 e. The molecule has 3 N–H and O–H groups in total. The number of carboxylic acid groups (broad SMARTS) is 1. The standard InChI is InChI=1S/C17H14N2O4S/c1-17(16(22)23,11-5-3-2-4-6-11)19-14(20)12-9-10-7-8-24-13(10)15(21)18-12/h2-9H,1H3,(H,18,21)(H,19,20)(H,22,23). The van der Waals surface area contributed by atoms with E-state index in [0.717, 1.165) is 0 Å². The molecular weight excluding hydrogens is 328 g/mol. The predicted molar refractivity (Wildman–Crippen MR) is 91.3 cm³/mol. The van der Waals surface area contributed by atoms with E-state index in [1.165, 1.54) is 24.3 Å². The van der Waals surface area contributed by atoms with Gasteiger partial charge in [-0.2, -0.15) is 0 Å². The second-order valence-corrected chi connectivity index (χ2v) is 6.38. The third-order valence-electron chi connectivity index (χ3n) is 3.84. The quantitative estimate of drug-likeness (QED) is 0.677. The van der Waals surface area contributed by atoms with Gasteiger partial charge in [0, 0.05) is 5.39 Å². The summed E-state index contributed by atoms with van der Waals surface area (Å²) in [7, 11) is 0. The van der Waals surface area contributed by atoms with Crippen LogP contribution in [0.2, 0.25) is 0 Å². The molecule has 2 heterocycles. The lowest BCUT2D eigenvalue weighted by Gasteiger charge is -2.26.